The Morgan fingerprint density at radius 1 is 1.71 bits per heavy atom. The van der Waals surface area contributed by atoms with E-state index in [9.17, 15) is 8.42 Å². The van der Waals surface area contributed by atoms with E-state index in [4.69, 9.17) is 4.55 Å². The molecule has 0 spiro atoms. The van der Waals surface area contributed by atoms with Crippen LogP contribution in [0.2, 0.25) is 0 Å². The van der Waals surface area contributed by atoms with Crippen LogP contribution in [0.5, 0.6) is 0 Å². The molecule has 1 heterocycles. The van der Waals surface area contributed by atoms with Gasteiger partial charge in [0.25, 0.3) is 0 Å². The first-order valence-electron chi connectivity index (χ1n) is 4.70. The van der Waals surface area contributed by atoms with Gasteiger partial charge in [0, 0.05) is 24.6 Å². The molecule has 0 aliphatic rings. The fraction of sp³-hybridized carbons (Fsp3) is 0.500. The molecular formula is C8H13N3O4S2. The molecule has 2 N–H and O–H groups in total. The second kappa shape index (κ2) is 6.62. The Labute approximate surface area is 103 Å². The molecule has 0 unspecified atom stereocenters. The van der Waals surface area contributed by atoms with E-state index in [1.807, 2.05) is 0 Å². The van der Waals surface area contributed by atoms with Crippen LogP contribution >= 0.6 is 11.8 Å². The van der Waals surface area contributed by atoms with Gasteiger partial charge in [-0.25, -0.2) is 0 Å². The monoisotopic (exact) mass is 279 g/mol. The Kier molecular flexibility index (Phi) is 5.45. The number of hydrogen-bond donors (Lipinski definition) is 2. The molecular weight excluding hydrogens is 266 g/mol. The molecule has 7 nitrogen and oxygen atoms in total. The molecule has 0 saturated heterocycles. The molecule has 0 aliphatic heterocycles. The van der Waals surface area contributed by atoms with E-state index in [2.05, 4.69) is 20.0 Å². The Balaban J connectivity index is 2.29. The van der Waals surface area contributed by atoms with Crippen molar-refractivity contribution >= 4 is 27.0 Å². The fourth-order valence-electron chi connectivity index (χ4n) is 0.990. The molecule has 0 atom stereocenters. The topological polar surface area (TPSA) is 105 Å². The highest BCUT2D eigenvalue weighted by atomic mass is 32.2. The van der Waals surface area contributed by atoms with E-state index in [0.29, 0.717) is 18.1 Å². The van der Waals surface area contributed by atoms with Crippen molar-refractivity contribution in [3.05, 3.63) is 18.0 Å². The van der Waals surface area contributed by atoms with Gasteiger partial charge in [-0.15, -0.1) is 0 Å². The van der Waals surface area contributed by atoms with Gasteiger partial charge in [0.05, 0.1) is 12.2 Å². The molecule has 0 aromatic carbocycles. The van der Waals surface area contributed by atoms with Crippen LogP contribution in [0.4, 0.5) is 0 Å². The summed E-state index contributed by atoms with van der Waals surface area (Å²) in [6.07, 6.45) is 1.49. The van der Waals surface area contributed by atoms with Gasteiger partial charge >= 0.3 is 10.1 Å². The maximum atomic E-state index is 10.7. The third kappa shape index (κ3) is 5.20. The summed E-state index contributed by atoms with van der Waals surface area (Å²) in [6.45, 7) is 0.290. The number of aliphatic imine (C=N–C) groups is 1. The van der Waals surface area contributed by atoms with Crippen LogP contribution < -0.4 is 5.32 Å². The molecule has 0 saturated carbocycles. The van der Waals surface area contributed by atoms with Crippen molar-refractivity contribution < 1.29 is 17.5 Å². The predicted molar refractivity (Wildman–Crippen MR) is 65.6 cm³/mol. The van der Waals surface area contributed by atoms with Gasteiger partial charge in [-0.1, -0.05) is 5.16 Å². The van der Waals surface area contributed by atoms with E-state index in [0.717, 1.165) is 5.69 Å². The highest BCUT2D eigenvalue weighted by Crippen LogP contribution is 2.09. The minimum atomic E-state index is -4.24. The van der Waals surface area contributed by atoms with Gasteiger partial charge in [0.15, 0.2) is 0 Å². The summed E-state index contributed by atoms with van der Waals surface area (Å²) in [5.41, 5.74) is 0.822. The zero-order valence-electron chi connectivity index (χ0n) is 9.16. The Bertz CT molecular complexity index is 455. The highest BCUT2D eigenvalue weighted by Gasteiger charge is 2.12. The standard InChI is InChI=1S/C8H13N3O4S2/c1-9-8(17(12,13)14)10-3-5-16-6-7-2-4-15-11-7/h2,4H,3,5-6H2,1H3,(H,9,10)(H,12,13,14). The summed E-state index contributed by atoms with van der Waals surface area (Å²) >= 11 is 1.54. The van der Waals surface area contributed by atoms with Crippen molar-refractivity contribution in [1.29, 1.82) is 0 Å². The van der Waals surface area contributed by atoms with Gasteiger partial charge in [-0.2, -0.15) is 20.2 Å². The lowest BCUT2D eigenvalue weighted by Gasteiger charge is -2.01. The quantitative estimate of drug-likeness (QED) is 0.347. The van der Waals surface area contributed by atoms with Crippen LogP contribution in [0.1, 0.15) is 5.69 Å². The molecule has 1 aromatic heterocycles. The number of thioether (sulfide) groups is 1. The average molecular weight is 279 g/mol. The van der Waals surface area contributed by atoms with Gasteiger partial charge < -0.3 is 9.84 Å². The fourth-order valence-corrected chi connectivity index (χ4v) is 2.23. The lowest BCUT2D eigenvalue weighted by Crippen LogP contribution is -2.28. The SMILES string of the molecule is CN/C(=N\CCSCc1ccon1)S(=O)(=O)O. The molecule has 1 rings (SSSR count). The second-order valence-corrected chi connectivity index (χ2v) is 5.40. The maximum Gasteiger partial charge on any atom is 0.327 e. The average Bonchev–Trinajstić information content (AvgIpc) is 2.74. The smallest absolute Gasteiger partial charge is 0.327 e. The Morgan fingerprint density at radius 2 is 2.47 bits per heavy atom. The molecule has 0 amide bonds. The van der Waals surface area contributed by atoms with E-state index in [1.54, 1.807) is 17.8 Å². The van der Waals surface area contributed by atoms with Crippen LogP contribution in [0.15, 0.2) is 21.8 Å². The van der Waals surface area contributed by atoms with Crippen LogP contribution in [-0.2, 0) is 15.9 Å². The molecule has 9 heteroatoms. The van der Waals surface area contributed by atoms with Crippen LogP contribution in [0, 0.1) is 0 Å². The van der Waals surface area contributed by atoms with Crippen molar-refractivity contribution in [2.24, 2.45) is 4.99 Å². The zero-order valence-corrected chi connectivity index (χ0v) is 10.8. The summed E-state index contributed by atoms with van der Waals surface area (Å²) in [4.78, 5) is 3.74. The second-order valence-electron chi connectivity index (χ2n) is 2.96. The third-order valence-electron chi connectivity index (χ3n) is 1.69. The number of aromatic nitrogens is 1. The van der Waals surface area contributed by atoms with Crippen molar-refractivity contribution in [2.45, 2.75) is 5.75 Å². The van der Waals surface area contributed by atoms with E-state index >= 15 is 0 Å². The molecule has 17 heavy (non-hydrogen) atoms. The van der Waals surface area contributed by atoms with Gasteiger partial charge in [0.2, 0.25) is 5.17 Å². The number of nitrogens with zero attached hydrogens (tertiary/aromatic N) is 2. The van der Waals surface area contributed by atoms with Crippen molar-refractivity contribution in [3.8, 4) is 0 Å². The normalized spacial score (nSPS) is 12.7. The lowest BCUT2D eigenvalue weighted by atomic mass is 10.5. The summed E-state index contributed by atoms with van der Waals surface area (Å²) in [6, 6.07) is 1.76. The lowest BCUT2D eigenvalue weighted by molar-refractivity contribution is 0.414. The van der Waals surface area contributed by atoms with Crippen LogP contribution in [-0.4, -0.2) is 42.6 Å². The van der Waals surface area contributed by atoms with Crippen LogP contribution in [0.25, 0.3) is 0 Å². The first kappa shape index (κ1) is 14.0. The van der Waals surface area contributed by atoms with Crippen molar-refractivity contribution in [1.82, 2.24) is 10.5 Å². The number of amidine groups is 1. The number of hydrogen-bond acceptors (Lipinski definition) is 6. The highest BCUT2D eigenvalue weighted by molar-refractivity contribution is 8.01. The largest absolute Gasteiger partial charge is 0.364 e. The molecule has 0 aliphatic carbocycles. The molecule has 0 bridgehead atoms. The van der Waals surface area contributed by atoms with E-state index in [-0.39, 0.29) is 0 Å². The minimum Gasteiger partial charge on any atom is -0.364 e. The van der Waals surface area contributed by atoms with Crippen molar-refractivity contribution in [2.75, 3.05) is 19.3 Å². The molecule has 96 valence electrons. The Morgan fingerprint density at radius 3 is 3.00 bits per heavy atom. The number of rotatable bonds is 5. The summed E-state index contributed by atoms with van der Waals surface area (Å²) < 4.78 is 34.9. The van der Waals surface area contributed by atoms with Gasteiger partial charge in [-0.05, 0) is 0 Å². The van der Waals surface area contributed by atoms with Gasteiger partial charge in [-0.3, -0.25) is 9.55 Å². The van der Waals surface area contributed by atoms with E-state index < -0.39 is 15.3 Å². The molecule has 0 fully saturated rings. The minimum absolute atomic E-state index is 0.290. The van der Waals surface area contributed by atoms with E-state index in [1.165, 1.54) is 13.3 Å². The molecule has 0 radical (unpaired) electrons. The van der Waals surface area contributed by atoms with Gasteiger partial charge in [0.1, 0.15) is 6.26 Å². The first-order valence-corrected chi connectivity index (χ1v) is 7.30. The maximum absolute atomic E-state index is 10.7. The summed E-state index contributed by atoms with van der Waals surface area (Å²) in [5, 5.41) is 5.63. The summed E-state index contributed by atoms with van der Waals surface area (Å²) in [7, 11) is -2.86. The van der Waals surface area contributed by atoms with Crippen LogP contribution in [0.3, 0.4) is 0 Å². The van der Waals surface area contributed by atoms with Crippen molar-refractivity contribution in [3.63, 3.8) is 0 Å². The zero-order chi connectivity index (χ0) is 12.7. The Hall–Kier alpha value is -1.06. The summed E-state index contributed by atoms with van der Waals surface area (Å²) in [5.74, 6) is 1.29. The predicted octanol–water partition coefficient (Wildman–Crippen LogP) is 0.371. The molecule has 1 aromatic rings. The number of nitrogens with one attached hydrogen (secondary N) is 1. The third-order valence-corrected chi connectivity index (χ3v) is 3.48. The first-order chi connectivity index (χ1) is 8.04.